The largest absolute Gasteiger partial charge is 0.525 e. The molecular formula is C9H5ClF4N2O. The minimum atomic E-state index is -5.06. The molecule has 0 aliphatic heterocycles. The number of rotatable bonds is 2. The fourth-order valence-electron chi connectivity index (χ4n) is 1.28. The minimum absolute atomic E-state index is 0.304. The number of H-pyrrole nitrogens is 1. The Kier molecular flexibility index (Phi) is 2.96. The Balaban J connectivity index is 2.30. The van der Waals surface area contributed by atoms with E-state index < -0.39 is 18.5 Å². The van der Waals surface area contributed by atoms with E-state index in [2.05, 4.69) is 14.7 Å². The normalized spacial score (nSPS) is 14.2. The standard InChI is InChI=1S/C9H5ClF4N2O/c10-4-1-2-5-6(3-4)16-8(15-5)7(11)17-9(12,13)14/h1-3,7H,(H,15,16)/t7-/m0/s1. The second-order valence-corrected chi connectivity index (χ2v) is 3.60. The second-order valence-electron chi connectivity index (χ2n) is 3.16. The highest BCUT2D eigenvalue weighted by molar-refractivity contribution is 6.31. The van der Waals surface area contributed by atoms with Gasteiger partial charge in [-0.15, -0.1) is 13.2 Å². The molecule has 0 amide bonds. The van der Waals surface area contributed by atoms with E-state index in [1.807, 2.05) is 0 Å². The Morgan fingerprint density at radius 2 is 2.06 bits per heavy atom. The number of aromatic amines is 1. The molecule has 0 spiro atoms. The van der Waals surface area contributed by atoms with Crippen LogP contribution in [0.1, 0.15) is 12.2 Å². The number of nitrogens with one attached hydrogen (secondary N) is 1. The lowest BCUT2D eigenvalue weighted by molar-refractivity contribution is -0.364. The van der Waals surface area contributed by atoms with Gasteiger partial charge < -0.3 is 4.98 Å². The number of benzene rings is 1. The molecule has 92 valence electrons. The first-order valence-electron chi connectivity index (χ1n) is 4.39. The summed E-state index contributed by atoms with van der Waals surface area (Å²) in [5.41, 5.74) is 0.638. The summed E-state index contributed by atoms with van der Waals surface area (Å²) in [4.78, 5) is 5.99. The number of ether oxygens (including phenoxy) is 1. The predicted octanol–water partition coefficient (Wildman–Crippen LogP) is 3.72. The van der Waals surface area contributed by atoms with Crippen LogP contribution in [0.25, 0.3) is 11.0 Å². The van der Waals surface area contributed by atoms with Crippen LogP contribution < -0.4 is 0 Å². The third-order valence-corrected chi connectivity index (χ3v) is 2.15. The van der Waals surface area contributed by atoms with E-state index in [1.165, 1.54) is 18.2 Å². The Morgan fingerprint density at radius 3 is 2.71 bits per heavy atom. The van der Waals surface area contributed by atoms with Crippen LogP contribution >= 0.6 is 11.6 Å². The van der Waals surface area contributed by atoms with Crippen molar-refractivity contribution in [3.63, 3.8) is 0 Å². The smallest absolute Gasteiger partial charge is 0.337 e. The van der Waals surface area contributed by atoms with Gasteiger partial charge in [0.2, 0.25) is 0 Å². The average Bonchev–Trinajstić information content (AvgIpc) is 2.57. The first-order valence-corrected chi connectivity index (χ1v) is 4.77. The monoisotopic (exact) mass is 268 g/mol. The van der Waals surface area contributed by atoms with Crippen molar-refractivity contribution >= 4 is 22.6 Å². The van der Waals surface area contributed by atoms with Gasteiger partial charge >= 0.3 is 6.36 Å². The zero-order chi connectivity index (χ0) is 12.6. The molecular weight excluding hydrogens is 264 g/mol. The van der Waals surface area contributed by atoms with Crippen LogP contribution in [0, 0.1) is 0 Å². The van der Waals surface area contributed by atoms with Crippen LogP contribution in [0.4, 0.5) is 17.6 Å². The summed E-state index contributed by atoms with van der Waals surface area (Å²) in [5, 5.41) is 0.361. The van der Waals surface area contributed by atoms with Crippen LogP contribution in [0.3, 0.4) is 0 Å². The molecule has 2 rings (SSSR count). The average molecular weight is 269 g/mol. The van der Waals surface area contributed by atoms with E-state index in [1.54, 1.807) is 0 Å². The summed E-state index contributed by atoms with van der Waals surface area (Å²) < 4.78 is 51.7. The van der Waals surface area contributed by atoms with E-state index in [4.69, 9.17) is 11.6 Å². The van der Waals surface area contributed by atoms with Gasteiger partial charge in [0.05, 0.1) is 11.0 Å². The fraction of sp³-hybridized carbons (Fsp3) is 0.222. The third kappa shape index (κ3) is 2.86. The van der Waals surface area contributed by atoms with Gasteiger partial charge in [-0.1, -0.05) is 11.6 Å². The zero-order valence-electron chi connectivity index (χ0n) is 8.05. The predicted molar refractivity (Wildman–Crippen MR) is 52.1 cm³/mol. The summed E-state index contributed by atoms with van der Waals surface area (Å²) in [6.45, 7) is 0. The number of imidazole rings is 1. The molecule has 0 bridgehead atoms. The van der Waals surface area contributed by atoms with Crippen molar-refractivity contribution in [3.8, 4) is 0 Å². The van der Waals surface area contributed by atoms with Gasteiger partial charge in [-0.3, -0.25) is 0 Å². The Hall–Kier alpha value is -1.34. The van der Waals surface area contributed by atoms with Gasteiger partial charge in [-0.25, -0.2) is 14.1 Å². The number of halogens is 5. The van der Waals surface area contributed by atoms with Crippen molar-refractivity contribution in [1.29, 1.82) is 0 Å². The van der Waals surface area contributed by atoms with E-state index in [0.29, 0.717) is 16.1 Å². The number of fused-ring (bicyclic) bond motifs is 1. The Morgan fingerprint density at radius 1 is 1.35 bits per heavy atom. The molecule has 0 fully saturated rings. The van der Waals surface area contributed by atoms with Gasteiger partial charge in [0, 0.05) is 5.02 Å². The third-order valence-electron chi connectivity index (χ3n) is 1.91. The lowest BCUT2D eigenvalue weighted by Crippen LogP contribution is -2.16. The van der Waals surface area contributed by atoms with Crippen LogP contribution in [0.15, 0.2) is 18.2 Å². The van der Waals surface area contributed by atoms with E-state index in [-0.39, 0.29) is 0 Å². The topological polar surface area (TPSA) is 37.9 Å². The molecule has 0 aliphatic carbocycles. The molecule has 2 aromatic rings. The van der Waals surface area contributed by atoms with Crippen LogP contribution in [0.5, 0.6) is 0 Å². The quantitative estimate of drug-likeness (QED) is 0.843. The van der Waals surface area contributed by atoms with Crippen LogP contribution in [-0.4, -0.2) is 16.3 Å². The number of nitrogens with zero attached hydrogens (tertiary/aromatic N) is 1. The van der Waals surface area contributed by atoms with E-state index in [9.17, 15) is 17.6 Å². The minimum Gasteiger partial charge on any atom is -0.337 e. The highest BCUT2D eigenvalue weighted by Gasteiger charge is 2.35. The number of hydrogen-bond acceptors (Lipinski definition) is 2. The lowest BCUT2D eigenvalue weighted by atomic mass is 10.3. The van der Waals surface area contributed by atoms with E-state index >= 15 is 0 Å². The van der Waals surface area contributed by atoms with Crippen LogP contribution in [0.2, 0.25) is 5.02 Å². The molecule has 1 aromatic carbocycles. The van der Waals surface area contributed by atoms with Crippen molar-refractivity contribution in [2.45, 2.75) is 12.7 Å². The van der Waals surface area contributed by atoms with Crippen molar-refractivity contribution < 1.29 is 22.3 Å². The molecule has 1 N–H and O–H groups in total. The first-order chi connectivity index (χ1) is 7.85. The molecule has 0 saturated heterocycles. The number of aromatic nitrogens is 2. The zero-order valence-corrected chi connectivity index (χ0v) is 8.81. The number of alkyl halides is 4. The molecule has 0 radical (unpaired) electrons. The molecule has 8 heteroatoms. The van der Waals surface area contributed by atoms with Crippen LogP contribution in [-0.2, 0) is 4.74 Å². The molecule has 3 nitrogen and oxygen atoms in total. The maximum absolute atomic E-state index is 13.1. The lowest BCUT2D eigenvalue weighted by Gasteiger charge is -2.09. The van der Waals surface area contributed by atoms with Gasteiger partial charge in [-0.2, -0.15) is 0 Å². The maximum atomic E-state index is 13.1. The fourth-order valence-corrected chi connectivity index (χ4v) is 1.45. The number of hydrogen-bond donors (Lipinski definition) is 1. The summed E-state index contributed by atoms with van der Waals surface area (Å²) >= 11 is 5.66. The van der Waals surface area contributed by atoms with Crippen molar-refractivity contribution in [2.24, 2.45) is 0 Å². The molecule has 1 aromatic heterocycles. The highest BCUT2D eigenvalue weighted by Crippen LogP contribution is 2.28. The van der Waals surface area contributed by atoms with Crippen molar-refractivity contribution in [2.75, 3.05) is 0 Å². The van der Waals surface area contributed by atoms with Gasteiger partial charge in [0.15, 0.2) is 5.82 Å². The summed E-state index contributed by atoms with van der Waals surface area (Å²) in [6.07, 6.45) is -7.75. The molecule has 0 aliphatic rings. The van der Waals surface area contributed by atoms with Crippen molar-refractivity contribution in [1.82, 2.24) is 9.97 Å². The summed E-state index contributed by atoms with van der Waals surface area (Å²) in [6, 6.07) is 4.37. The molecule has 0 unspecified atom stereocenters. The Bertz CT molecular complexity index is 539. The SMILES string of the molecule is F[C@@H](OC(F)(F)F)c1nc2ccc(Cl)cc2[nH]1. The second kappa shape index (κ2) is 4.15. The summed E-state index contributed by atoms with van der Waals surface area (Å²) in [7, 11) is 0. The Labute approximate surface area is 97.4 Å². The molecule has 17 heavy (non-hydrogen) atoms. The van der Waals surface area contributed by atoms with Gasteiger partial charge in [0.1, 0.15) is 0 Å². The maximum Gasteiger partial charge on any atom is 0.525 e. The molecule has 1 atom stereocenters. The highest BCUT2D eigenvalue weighted by atomic mass is 35.5. The van der Waals surface area contributed by atoms with Crippen molar-refractivity contribution in [3.05, 3.63) is 29.0 Å². The summed E-state index contributed by atoms with van der Waals surface area (Å²) in [5.74, 6) is -0.556. The molecule has 1 heterocycles. The van der Waals surface area contributed by atoms with Gasteiger partial charge in [0.25, 0.3) is 6.36 Å². The van der Waals surface area contributed by atoms with E-state index in [0.717, 1.165) is 0 Å². The van der Waals surface area contributed by atoms with Gasteiger partial charge in [-0.05, 0) is 18.2 Å². The first kappa shape index (κ1) is 12.1. The molecule has 0 saturated carbocycles.